The summed E-state index contributed by atoms with van der Waals surface area (Å²) >= 11 is 0. The molecule has 0 N–H and O–H groups in total. The zero-order chi connectivity index (χ0) is 15.5. The van der Waals surface area contributed by atoms with E-state index < -0.39 is 9.73 Å². The Morgan fingerprint density at radius 3 is 2.19 bits per heavy atom. The predicted molar refractivity (Wildman–Crippen MR) is 90.7 cm³/mol. The zero-order valence-electron chi connectivity index (χ0n) is 13.6. The molecule has 1 aromatic carbocycles. The second-order valence-electron chi connectivity index (χ2n) is 6.98. The molecule has 0 spiro atoms. The molecule has 1 atom stereocenters. The highest BCUT2D eigenvalue weighted by Gasteiger charge is 2.27. The van der Waals surface area contributed by atoms with Gasteiger partial charge in [0.05, 0.1) is 14.6 Å². The first-order chi connectivity index (χ1) is 9.85. The molecule has 2 nitrogen and oxygen atoms in total. The maximum absolute atomic E-state index is 13.1. The van der Waals surface area contributed by atoms with E-state index in [0.29, 0.717) is 5.41 Å². The van der Waals surface area contributed by atoms with Gasteiger partial charge >= 0.3 is 0 Å². The summed E-state index contributed by atoms with van der Waals surface area (Å²) in [5.41, 5.74) is 1.69. The van der Waals surface area contributed by atoms with Crippen molar-refractivity contribution in [1.82, 2.24) is 0 Å². The molecule has 0 radical (unpaired) electrons. The monoisotopic (exact) mass is 305 g/mol. The van der Waals surface area contributed by atoms with Gasteiger partial charge in [0, 0.05) is 12.5 Å². The fourth-order valence-corrected chi connectivity index (χ4v) is 4.73. The maximum Gasteiger partial charge on any atom is 0.0966 e. The van der Waals surface area contributed by atoms with E-state index in [1.165, 1.54) is 18.4 Å². The molecule has 1 aromatic rings. The SMILES string of the molecule is CN=[S@](=O)(C=C1CCC(C(C)(C)C)CC1)c1ccccc1. The van der Waals surface area contributed by atoms with Crippen molar-refractivity contribution in [1.29, 1.82) is 0 Å². The van der Waals surface area contributed by atoms with E-state index in [-0.39, 0.29) is 0 Å². The summed E-state index contributed by atoms with van der Waals surface area (Å²) in [5.74, 6) is 0.765. The number of nitrogens with zero attached hydrogens (tertiary/aromatic N) is 1. The standard InChI is InChI=1S/C18H27NOS/c1-18(2,3)16-12-10-15(11-13-16)14-21(20,19-4)17-8-6-5-7-9-17/h5-9,14,16H,10-13H2,1-4H3/t16?,21-/m0/s1. The molecule has 21 heavy (non-hydrogen) atoms. The summed E-state index contributed by atoms with van der Waals surface area (Å²) in [7, 11) is -0.735. The van der Waals surface area contributed by atoms with E-state index in [1.54, 1.807) is 7.05 Å². The predicted octanol–water partition coefficient (Wildman–Crippen LogP) is 5.26. The molecule has 116 valence electrons. The van der Waals surface area contributed by atoms with Crippen LogP contribution in [0, 0.1) is 11.3 Å². The van der Waals surface area contributed by atoms with Crippen LogP contribution in [-0.4, -0.2) is 11.3 Å². The fraction of sp³-hybridized carbons (Fsp3) is 0.556. The van der Waals surface area contributed by atoms with Gasteiger partial charge in [0.1, 0.15) is 0 Å². The van der Waals surface area contributed by atoms with Gasteiger partial charge in [-0.1, -0.05) is 44.5 Å². The summed E-state index contributed by atoms with van der Waals surface area (Å²) in [6.45, 7) is 6.96. The molecule has 1 aliphatic carbocycles. The Balaban J connectivity index is 2.19. The van der Waals surface area contributed by atoms with Crippen molar-refractivity contribution in [3.63, 3.8) is 0 Å². The van der Waals surface area contributed by atoms with Gasteiger partial charge in [-0.2, -0.15) is 0 Å². The zero-order valence-corrected chi connectivity index (χ0v) is 14.5. The fourth-order valence-electron chi connectivity index (χ4n) is 3.04. The summed E-state index contributed by atoms with van der Waals surface area (Å²) in [6.07, 6.45) is 4.51. The van der Waals surface area contributed by atoms with Crippen LogP contribution in [0.25, 0.3) is 0 Å². The van der Waals surface area contributed by atoms with E-state index in [0.717, 1.165) is 23.7 Å². The average molecular weight is 305 g/mol. The average Bonchev–Trinajstić information content (AvgIpc) is 2.47. The molecule has 0 heterocycles. The third-order valence-corrected chi connectivity index (χ3v) is 6.67. The van der Waals surface area contributed by atoms with Crippen molar-refractivity contribution >= 4 is 9.73 Å². The maximum atomic E-state index is 13.1. The molecule has 1 fully saturated rings. The lowest BCUT2D eigenvalue weighted by Crippen LogP contribution is -2.23. The Hall–Kier alpha value is -1.09. The van der Waals surface area contributed by atoms with Crippen LogP contribution in [0.2, 0.25) is 0 Å². The van der Waals surface area contributed by atoms with Crippen LogP contribution in [0.5, 0.6) is 0 Å². The Morgan fingerprint density at radius 2 is 1.71 bits per heavy atom. The van der Waals surface area contributed by atoms with Crippen LogP contribution in [0.1, 0.15) is 46.5 Å². The normalized spacial score (nSPS) is 22.5. The molecule has 0 aromatic heterocycles. The molecule has 0 bridgehead atoms. The molecule has 2 rings (SSSR count). The number of hydrogen-bond donors (Lipinski definition) is 0. The smallest absolute Gasteiger partial charge is 0.0966 e. The van der Waals surface area contributed by atoms with Gasteiger partial charge < -0.3 is 0 Å². The lowest BCUT2D eigenvalue weighted by atomic mass is 9.71. The van der Waals surface area contributed by atoms with Crippen molar-refractivity contribution in [2.75, 3.05) is 7.05 Å². The summed E-state index contributed by atoms with van der Waals surface area (Å²) in [5, 5.41) is 1.95. The molecule has 0 aliphatic heterocycles. The minimum absolute atomic E-state index is 0.376. The first-order valence-electron chi connectivity index (χ1n) is 7.75. The quantitative estimate of drug-likeness (QED) is 0.732. The molecule has 1 aliphatic rings. The van der Waals surface area contributed by atoms with Crippen LogP contribution >= 0.6 is 0 Å². The van der Waals surface area contributed by atoms with E-state index in [2.05, 4.69) is 25.1 Å². The van der Waals surface area contributed by atoms with Crippen LogP contribution in [0.15, 0.2) is 50.6 Å². The largest absolute Gasteiger partial charge is 0.240 e. The minimum atomic E-state index is -2.40. The van der Waals surface area contributed by atoms with Gasteiger partial charge in [0.15, 0.2) is 0 Å². The Bertz CT molecular complexity index is 606. The highest BCUT2D eigenvalue weighted by Crippen LogP contribution is 2.40. The van der Waals surface area contributed by atoms with Crippen LogP contribution in [0.4, 0.5) is 0 Å². The van der Waals surface area contributed by atoms with Crippen molar-refractivity contribution in [3.05, 3.63) is 41.3 Å². The Morgan fingerprint density at radius 1 is 1.14 bits per heavy atom. The van der Waals surface area contributed by atoms with Crippen LogP contribution < -0.4 is 0 Å². The molecule has 1 saturated carbocycles. The highest BCUT2D eigenvalue weighted by atomic mass is 32.2. The van der Waals surface area contributed by atoms with E-state index in [9.17, 15) is 4.21 Å². The summed E-state index contributed by atoms with van der Waals surface area (Å²) in [4.78, 5) is 0.818. The number of allylic oxidation sites excluding steroid dienone is 1. The van der Waals surface area contributed by atoms with Crippen molar-refractivity contribution in [3.8, 4) is 0 Å². The van der Waals surface area contributed by atoms with E-state index in [1.807, 2.05) is 35.7 Å². The van der Waals surface area contributed by atoms with Crippen molar-refractivity contribution in [2.24, 2.45) is 15.7 Å². The lowest BCUT2D eigenvalue weighted by molar-refractivity contribution is 0.197. The molecule has 0 saturated heterocycles. The van der Waals surface area contributed by atoms with E-state index in [4.69, 9.17) is 0 Å². The van der Waals surface area contributed by atoms with Gasteiger partial charge in [-0.25, -0.2) is 8.57 Å². The molecular weight excluding hydrogens is 278 g/mol. The first kappa shape index (κ1) is 16.3. The Labute approximate surface area is 129 Å². The van der Waals surface area contributed by atoms with Gasteiger partial charge in [-0.3, -0.25) is 0 Å². The second kappa shape index (κ2) is 6.35. The summed E-state index contributed by atoms with van der Waals surface area (Å²) in [6, 6.07) is 9.62. The number of rotatable bonds is 2. The van der Waals surface area contributed by atoms with Crippen molar-refractivity contribution in [2.45, 2.75) is 51.3 Å². The Kier molecular flexibility index (Phi) is 4.92. The van der Waals surface area contributed by atoms with E-state index >= 15 is 0 Å². The second-order valence-corrected chi connectivity index (χ2v) is 9.19. The summed E-state index contributed by atoms with van der Waals surface area (Å²) < 4.78 is 17.3. The third kappa shape index (κ3) is 3.97. The van der Waals surface area contributed by atoms with Gasteiger partial charge in [-0.15, -0.1) is 0 Å². The minimum Gasteiger partial charge on any atom is -0.240 e. The number of hydrogen-bond acceptors (Lipinski definition) is 2. The van der Waals surface area contributed by atoms with Crippen LogP contribution in [-0.2, 0) is 9.73 Å². The molecule has 3 heteroatoms. The highest BCUT2D eigenvalue weighted by molar-refractivity contribution is 7.96. The lowest BCUT2D eigenvalue weighted by Gasteiger charge is -2.34. The third-order valence-electron chi connectivity index (χ3n) is 4.53. The molecule has 0 unspecified atom stereocenters. The van der Waals surface area contributed by atoms with Gasteiger partial charge in [0.2, 0.25) is 0 Å². The van der Waals surface area contributed by atoms with Gasteiger partial charge in [0.25, 0.3) is 0 Å². The molecular formula is C18H27NOS. The van der Waals surface area contributed by atoms with Gasteiger partial charge in [-0.05, 0) is 49.1 Å². The van der Waals surface area contributed by atoms with Crippen molar-refractivity contribution < 1.29 is 4.21 Å². The molecule has 0 amide bonds. The first-order valence-corrected chi connectivity index (χ1v) is 9.33. The topological polar surface area (TPSA) is 29.4 Å². The number of benzene rings is 1. The van der Waals surface area contributed by atoms with Crippen LogP contribution in [0.3, 0.4) is 0 Å².